The molecule has 7 heteroatoms. The van der Waals surface area contributed by atoms with Gasteiger partial charge in [-0.1, -0.05) is 0 Å². The Balaban J connectivity index is 1.52. The van der Waals surface area contributed by atoms with Gasteiger partial charge in [-0.2, -0.15) is 0 Å². The Labute approximate surface area is 159 Å². The highest BCUT2D eigenvalue weighted by Crippen LogP contribution is 2.23. The van der Waals surface area contributed by atoms with Crippen molar-refractivity contribution in [2.75, 3.05) is 44.2 Å². The standard InChI is InChI=1S/C20H28FN3O3/c1-20(2,18(25)22-14-17-4-3-13-27-17)19(26)24-11-9-23(10-12-24)16-7-5-15(21)6-8-16/h5-8,17H,3-4,9-14H2,1-2H3,(H,22,25). The molecule has 1 aromatic carbocycles. The van der Waals surface area contributed by atoms with Gasteiger partial charge in [0, 0.05) is 45.0 Å². The van der Waals surface area contributed by atoms with E-state index in [9.17, 15) is 14.0 Å². The summed E-state index contributed by atoms with van der Waals surface area (Å²) >= 11 is 0. The van der Waals surface area contributed by atoms with Gasteiger partial charge in [-0.25, -0.2) is 4.39 Å². The Bertz CT molecular complexity index is 664. The van der Waals surface area contributed by atoms with Gasteiger partial charge < -0.3 is 19.9 Å². The van der Waals surface area contributed by atoms with Gasteiger partial charge in [0.1, 0.15) is 11.2 Å². The van der Waals surface area contributed by atoms with Gasteiger partial charge >= 0.3 is 0 Å². The van der Waals surface area contributed by atoms with Crippen molar-refractivity contribution in [3.8, 4) is 0 Å². The molecule has 2 aliphatic heterocycles. The number of amides is 2. The van der Waals surface area contributed by atoms with Crippen LogP contribution in [0.2, 0.25) is 0 Å². The van der Waals surface area contributed by atoms with Crippen LogP contribution >= 0.6 is 0 Å². The zero-order valence-electron chi connectivity index (χ0n) is 16.0. The van der Waals surface area contributed by atoms with Gasteiger partial charge in [0.2, 0.25) is 11.8 Å². The van der Waals surface area contributed by atoms with Crippen LogP contribution < -0.4 is 10.2 Å². The second kappa shape index (κ2) is 8.25. The van der Waals surface area contributed by atoms with Crippen molar-refractivity contribution in [2.45, 2.75) is 32.8 Å². The minimum absolute atomic E-state index is 0.0547. The molecule has 2 heterocycles. The average molecular weight is 377 g/mol. The van der Waals surface area contributed by atoms with E-state index < -0.39 is 5.41 Å². The molecule has 0 spiro atoms. The summed E-state index contributed by atoms with van der Waals surface area (Å²) in [6.45, 7) is 6.93. The first-order chi connectivity index (χ1) is 12.9. The lowest BCUT2D eigenvalue weighted by Crippen LogP contribution is -2.56. The molecular formula is C20H28FN3O3. The van der Waals surface area contributed by atoms with E-state index in [1.807, 2.05) is 0 Å². The van der Waals surface area contributed by atoms with Gasteiger partial charge in [0.25, 0.3) is 0 Å². The first kappa shape index (κ1) is 19.6. The largest absolute Gasteiger partial charge is 0.376 e. The topological polar surface area (TPSA) is 61.9 Å². The molecule has 1 unspecified atom stereocenters. The van der Waals surface area contributed by atoms with Crippen LogP contribution in [0.5, 0.6) is 0 Å². The van der Waals surface area contributed by atoms with E-state index in [1.165, 1.54) is 12.1 Å². The molecule has 0 saturated carbocycles. The molecule has 2 saturated heterocycles. The van der Waals surface area contributed by atoms with Crippen LogP contribution in [-0.2, 0) is 14.3 Å². The maximum Gasteiger partial charge on any atom is 0.237 e. The highest BCUT2D eigenvalue weighted by molar-refractivity contribution is 6.04. The summed E-state index contributed by atoms with van der Waals surface area (Å²) in [5.41, 5.74) is -0.173. The molecule has 3 rings (SSSR count). The molecule has 2 fully saturated rings. The van der Waals surface area contributed by atoms with Crippen molar-refractivity contribution in [3.05, 3.63) is 30.1 Å². The second-order valence-corrected chi connectivity index (χ2v) is 7.73. The molecular weight excluding hydrogens is 349 g/mol. The maximum atomic E-state index is 13.1. The van der Waals surface area contributed by atoms with Crippen LogP contribution in [-0.4, -0.2) is 62.1 Å². The minimum Gasteiger partial charge on any atom is -0.376 e. The summed E-state index contributed by atoms with van der Waals surface area (Å²) in [6, 6.07) is 6.37. The van der Waals surface area contributed by atoms with Crippen molar-refractivity contribution in [3.63, 3.8) is 0 Å². The van der Waals surface area contributed by atoms with Crippen LogP contribution in [0.3, 0.4) is 0 Å². The Morgan fingerprint density at radius 1 is 1.19 bits per heavy atom. The Kier molecular flexibility index (Phi) is 5.99. The predicted molar refractivity (Wildman–Crippen MR) is 101 cm³/mol. The van der Waals surface area contributed by atoms with E-state index in [0.717, 1.165) is 25.1 Å². The van der Waals surface area contributed by atoms with Gasteiger partial charge in [-0.3, -0.25) is 9.59 Å². The third kappa shape index (κ3) is 4.58. The molecule has 1 atom stereocenters. The number of carbonyl (C=O) groups is 2. The van der Waals surface area contributed by atoms with Crippen LogP contribution in [0.15, 0.2) is 24.3 Å². The number of ether oxygens (including phenoxy) is 1. The third-order valence-corrected chi connectivity index (χ3v) is 5.38. The molecule has 1 aromatic rings. The lowest BCUT2D eigenvalue weighted by molar-refractivity contribution is -0.149. The van der Waals surface area contributed by atoms with Crippen LogP contribution in [0, 0.1) is 11.2 Å². The van der Waals surface area contributed by atoms with Crippen molar-refractivity contribution < 1.29 is 18.7 Å². The van der Waals surface area contributed by atoms with E-state index in [1.54, 1.807) is 30.9 Å². The Morgan fingerprint density at radius 3 is 2.44 bits per heavy atom. The molecule has 0 radical (unpaired) electrons. The van der Waals surface area contributed by atoms with E-state index in [0.29, 0.717) is 32.7 Å². The summed E-state index contributed by atoms with van der Waals surface area (Å²) in [5, 5.41) is 2.87. The number of piperazine rings is 1. The Morgan fingerprint density at radius 2 is 1.85 bits per heavy atom. The molecule has 2 amide bonds. The van der Waals surface area contributed by atoms with Gasteiger partial charge in [0.05, 0.1) is 6.10 Å². The first-order valence-electron chi connectivity index (χ1n) is 9.58. The summed E-state index contributed by atoms with van der Waals surface area (Å²) in [6.07, 6.45) is 2.01. The van der Waals surface area contributed by atoms with Gasteiger partial charge in [0.15, 0.2) is 0 Å². The van der Waals surface area contributed by atoms with Crippen LogP contribution in [0.4, 0.5) is 10.1 Å². The molecule has 0 bridgehead atoms. The molecule has 6 nitrogen and oxygen atoms in total. The quantitative estimate of drug-likeness (QED) is 0.795. The third-order valence-electron chi connectivity index (χ3n) is 5.38. The van der Waals surface area contributed by atoms with E-state index >= 15 is 0 Å². The second-order valence-electron chi connectivity index (χ2n) is 7.73. The number of anilines is 1. The van der Waals surface area contributed by atoms with E-state index in [2.05, 4.69) is 10.2 Å². The summed E-state index contributed by atoms with van der Waals surface area (Å²) in [4.78, 5) is 29.3. The fraction of sp³-hybridized carbons (Fsp3) is 0.600. The van der Waals surface area contributed by atoms with Gasteiger partial charge in [-0.05, 0) is 51.0 Å². The van der Waals surface area contributed by atoms with Crippen molar-refractivity contribution >= 4 is 17.5 Å². The number of hydrogen-bond donors (Lipinski definition) is 1. The molecule has 27 heavy (non-hydrogen) atoms. The predicted octanol–water partition coefficient (Wildman–Crippen LogP) is 1.80. The van der Waals surface area contributed by atoms with Crippen molar-refractivity contribution in [2.24, 2.45) is 5.41 Å². The monoisotopic (exact) mass is 377 g/mol. The molecule has 148 valence electrons. The van der Waals surface area contributed by atoms with Crippen molar-refractivity contribution in [1.29, 1.82) is 0 Å². The molecule has 0 aromatic heterocycles. The smallest absolute Gasteiger partial charge is 0.237 e. The molecule has 0 aliphatic carbocycles. The first-order valence-corrected chi connectivity index (χ1v) is 9.58. The summed E-state index contributed by atoms with van der Waals surface area (Å²) < 4.78 is 18.6. The highest BCUT2D eigenvalue weighted by atomic mass is 19.1. The maximum absolute atomic E-state index is 13.1. The minimum atomic E-state index is -1.11. The van der Waals surface area contributed by atoms with Crippen LogP contribution in [0.25, 0.3) is 0 Å². The fourth-order valence-electron chi connectivity index (χ4n) is 3.54. The van der Waals surface area contributed by atoms with Crippen LogP contribution in [0.1, 0.15) is 26.7 Å². The summed E-state index contributed by atoms with van der Waals surface area (Å²) in [7, 11) is 0. The summed E-state index contributed by atoms with van der Waals surface area (Å²) in [5.74, 6) is -0.682. The number of nitrogens with zero attached hydrogens (tertiary/aromatic N) is 2. The number of carbonyl (C=O) groups excluding carboxylic acids is 2. The number of halogens is 1. The van der Waals surface area contributed by atoms with E-state index in [4.69, 9.17) is 4.74 Å². The zero-order valence-corrected chi connectivity index (χ0v) is 16.0. The number of nitrogens with one attached hydrogen (secondary N) is 1. The van der Waals surface area contributed by atoms with Gasteiger partial charge in [-0.15, -0.1) is 0 Å². The normalized spacial score (nSPS) is 20.6. The molecule has 1 N–H and O–H groups in total. The average Bonchev–Trinajstić information content (AvgIpc) is 3.20. The zero-order chi connectivity index (χ0) is 19.4. The Hall–Kier alpha value is -2.15. The fourth-order valence-corrected chi connectivity index (χ4v) is 3.54. The number of benzene rings is 1. The SMILES string of the molecule is CC(C)(C(=O)NCC1CCCO1)C(=O)N1CCN(c2ccc(F)cc2)CC1. The lowest BCUT2D eigenvalue weighted by atomic mass is 9.89. The number of hydrogen-bond acceptors (Lipinski definition) is 4. The number of rotatable bonds is 5. The highest BCUT2D eigenvalue weighted by Gasteiger charge is 2.40. The lowest BCUT2D eigenvalue weighted by Gasteiger charge is -2.39. The van der Waals surface area contributed by atoms with Crippen molar-refractivity contribution in [1.82, 2.24) is 10.2 Å². The van der Waals surface area contributed by atoms with E-state index in [-0.39, 0.29) is 23.7 Å². The molecule has 2 aliphatic rings.